The molecule has 2 rings (SSSR count). The monoisotopic (exact) mass is 369 g/mol. The van der Waals surface area contributed by atoms with Crippen molar-refractivity contribution >= 4 is 40.9 Å². The van der Waals surface area contributed by atoms with Gasteiger partial charge in [0, 0.05) is 17.9 Å². The van der Waals surface area contributed by atoms with Crippen molar-refractivity contribution in [2.45, 2.75) is 33.1 Å². The van der Waals surface area contributed by atoms with Crippen LogP contribution >= 0.6 is 23.4 Å². The van der Waals surface area contributed by atoms with Gasteiger partial charge in [-0.1, -0.05) is 25.4 Å². The van der Waals surface area contributed by atoms with Crippen molar-refractivity contribution in [2.75, 3.05) is 17.7 Å². The molecule has 24 heavy (non-hydrogen) atoms. The fourth-order valence-corrected chi connectivity index (χ4v) is 3.62. The van der Waals surface area contributed by atoms with Gasteiger partial charge in [-0.2, -0.15) is 0 Å². The number of aryl methyl sites for hydroxylation is 1. The fourth-order valence-electron chi connectivity index (χ4n) is 2.42. The molecule has 1 aliphatic heterocycles. The minimum atomic E-state index is -1.12. The van der Waals surface area contributed by atoms with Crippen LogP contribution in [0.3, 0.4) is 0 Å². The molecule has 130 valence electrons. The largest absolute Gasteiger partial charge is 0.496 e. The Morgan fingerprint density at radius 2 is 2.12 bits per heavy atom. The number of benzene rings is 1. The summed E-state index contributed by atoms with van der Waals surface area (Å²) in [5.74, 6) is 0.0299. The van der Waals surface area contributed by atoms with Crippen LogP contribution in [0.5, 0.6) is 0 Å². The number of carboxylic acid groups (broad SMARTS) is 1. The summed E-state index contributed by atoms with van der Waals surface area (Å²) in [7, 11) is 0. The SMILES string of the molecule is CCCC1=C(C(=O)Nc2cc(CC)c(Cl)c(C(=O)O)c2)SCCO1. The Bertz CT molecular complexity index is 687. The smallest absolute Gasteiger partial charge is 0.337 e. The summed E-state index contributed by atoms with van der Waals surface area (Å²) in [4.78, 5) is 24.5. The Balaban J connectivity index is 2.31. The van der Waals surface area contributed by atoms with Crippen LogP contribution in [0.1, 0.15) is 42.6 Å². The number of rotatable bonds is 6. The molecule has 1 aromatic carbocycles. The van der Waals surface area contributed by atoms with Crippen molar-refractivity contribution in [1.82, 2.24) is 0 Å². The number of hydrogen-bond donors (Lipinski definition) is 2. The molecule has 0 spiro atoms. The van der Waals surface area contributed by atoms with E-state index in [1.54, 1.807) is 6.07 Å². The van der Waals surface area contributed by atoms with Crippen molar-refractivity contribution in [3.05, 3.63) is 38.9 Å². The average molecular weight is 370 g/mol. The highest BCUT2D eigenvalue weighted by Crippen LogP contribution is 2.31. The predicted molar refractivity (Wildman–Crippen MR) is 96.8 cm³/mol. The van der Waals surface area contributed by atoms with Crippen molar-refractivity contribution in [3.8, 4) is 0 Å². The second-order valence-corrected chi connectivity index (χ2v) is 6.79. The summed E-state index contributed by atoms with van der Waals surface area (Å²) >= 11 is 7.56. The van der Waals surface area contributed by atoms with Crippen LogP contribution in [0.25, 0.3) is 0 Å². The first-order chi connectivity index (χ1) is 11.5. The van der Waals surface area contributed by atoms with E-state index in [1.165, 1.54) is 17.8 Å². The van der Waals surface area contributed by atoms with Crippen molar-refractivity contribution in [3.63, 3.8) is 0 Å². The van der Waals surface area contributed by atoms with Crippen LogP contribution in [0.15, 0.2) is 22.8 Å². The molecule has 1 aliphatic rings. The maximum atomic E-state index is 12.6. The van der Waals surface area contributed by atoms with E-state index in [4.69, 9.17) is 16.3 Å². The van der Waals surface area contributed by atoms with E-state index in [-0.39, 0.29) is 16.5 Å². The van der Waals surface area contributed by atoms with Crippen molar-refractivity contribution in [2.24, 2.45) is 0 Å². The van der Waals surface area contributed by atoms with E-state index in [2.05, 4.69) is 5.32 Å². The number of halogens is 1. The third-order valence-corrected chi connectivity index (χ3v) is 5.08. The van der Waals surface area contributed by atoms with E-state index in [9.17, 15) is 14.7 Å². The van der Waals surface area contributed by atoms with E-state index < -0.39 is 5.97 Å². The zero-order valence-corrected chi connectivity index (χ0v) is 15.2. The minimum Gasteiger partial charge on any atom is -0.496 e. The van der Waals surface area contributed by atoms with Gasteiger partial charge in [-0.15, -0.1) is 11.8 Å². The minimum absolute atomic E-state index is 0.0124. The summed E-state index contributed by atoms with van der Waals surface area (Å²) in [5.41, 5.74) is 1.09. The number of nitrogens with one attached hydrogen (secondary N) is 1. The Labute approximate surface area is 150 Å². The Morgan fingerprint density at radius 3 is 2.75 bits per heavy atom. The number of anilines is 1. The zero-order valence-electron chi connectivity index (χ0n) is 13.6. The normalized spacial score (nSPS) is 14.3. The van der Waals surface area contributed by atoms with Gasteiger partial charge in [-0.05, 0) is 30.5 Å². The van der Waals surface area contributed by atoms with Gasteiger partial charge in [0.15, 0.2) is 0 Å². The van der Waals surface area contributed by atoms with Crippen LogP contribution in [-0.2, 0) is 16.0 Å². The van der Waals surface area contributed by atoms with E-state index in [0.29, 0.717) is 41.4 Å². The number of carbonyl (C=O) groups is 2. The van der Waals surface area contributed by atoms with E-state index in [1.807, 2.05) is 13.8 Å². The molecule has 0 unspecified atom stereocenters. The summed E-state index contributed by atoms with van der Waals surface area (Å²) in [5, 5.41) is 12.3. The number of aromatic carboxylic acids is 1. The summed E-state index contributed by atoms with van der Waals surface area (Å²) < 4.78 is 5.60. The highest BCUT2D eigenvalue weighted by Gasteiger charge is 2.22. The Hall–Kier alpha value is -1.66. The first-order valence-electron chi connectivity index (χ1n) is 7.83. The lowest BCUT2D eigenvalue weighted by Gasteiger charge is -2.20. The molecule has 5 nitrogen and oxygen atoms in total. The molecule has 0 saturated carbocycles. The van der Waals surface area contributed by atoms with Gasteiger partial charge in [-0.3, -0.25) is 4.79 Å². The molecule has 0 saturated heterocycles. The molecule has 0 radical (unpaired) electrons. The quantitative estimate of drug-likeness (QED) is 0.781. The number of ether oxygens (including phenoxy) is 1. The Morgan fingerprint density at radius 1 is 1.38 bits per heavy atom. The van der Waals surface area contributed by atoms with E-state index in [0.717, 1.165) is 12.2 Å². The van der Waals surface area contributed by atoms with E-state index >= 15 is 0 Å². The third-order valence-electron chi connectivity index (χ3n) is 3.56. The summed E-state index contributed by atoms with van der Waals surface area (Å²) in [6, 6.07) is 3.09. The maximum absolute atomic E-state index is 12.6. The van der Waals surface area contributed by atoms with Gasteiger partial charge in [-0.25, -0.2) is 4.79 Å². The van der Waals surface area contributed by atoms with Crippen molar-refractivity contribution < 1.29 is 19.4 Å². The number of amides is 1. The maximum Gasteiger partial charge on any atom is 0.337 e. The van der Waals surface area contributed by atoms with Crippen molar-refractivity contribution in [1.29, 1.82) is 0 Å². The van der Waals surface area contributed by atoms with Gasteiger partial charge in [0.2, 0.25) is 0 Å². The van der Waals surface area contributed by atoms with Gasteiger partial charge in [0.1, 0.15) is 10.7 Å². The number of hydrogen-bond acceptors (Lipinski definition) is 4. The van der Waals surface area contributed by atoms with Crippen LogP contribution < -0.4 is 5.32 Å². The van der Waals surface area contributed by atoms with Gasteiger partial charge >= 0.3 is 5.97 Å². The number of carbonyl (C=O) groups excluding carboxylic acids is 1. The summed E-state index contributed by atoms with van der Waals surface area (Å²) in [6.45, 7) is 4.50. The van der Waals surface area contributed by atoms with Gasteiger partial charge in [0.25, 0.3) is 5.91 Å². The topological polar surface area (TPSA) is 75.6 Å². The van der Waals surface area contributed by atoms with Crippen LogP contribution in [0.4, 0.5) is 5.69 Å². The molecule has 0 aromatic heterocycles. The molecule has 1 heterocycles. The lowest BCUT2D eigenvalue weighted by Crippen LogP contribution is -2.19. The molecule has 2 N–H and O–H groups in total. The first-order valence-corrected chi connectivity index (χ1v) is 9.20. The predicted octanol–water partition coefficient (Wildman–Crippen LogP) is 4.31. The molecule has 0 atom stereocenters. The molecule has 0 aliphatic carbocycles. The zero-order chi connectivity index (χ0) is 17.7. The van der Waals surface area contributed by atoms with Crippen LogP contribution in [-0.4, -0.2) is 29.3 Å². The number of allylic oxidation sites excluding steroid dienone is 1. The molecule has 1 aromatic rings. The highest BCUT2D eigenvalue weighted by molar-refractivity contribution is 8.04. The van der Waals surface area contributed by atoms with Crippen LogP contribution in [0, 0.1) is 0 Å². The second-order valence-electron chi connectivity index (χ2n) is 5.31. The molecule has 0 fully saturated rings. The molecular weight excluding hydrogens is 350 g/mol. The third kappa shape index (κ3) is 4.24. The average Bonchev–Trinajstić information content (AvgIpc) is 2.56. The number of carboxylic acids is 1. The van der Waals surface area contributed by atoms with Gasteiger partial charge in [0.05, 0.1) is 17.2 Å². The standard InChI is InChI=1S/C17H20ClNO4S/c1-3-5-13-15(24-7-6-23-13)16(20)19-11-8-10(4-2)14(18)12(9-11)17(21)22/h8-9H,3-7H2,1-2H3,(H,19,20)(H,21,22). The molecule has 0 bridgehead atoms. The lowest BCUT2D eigenvalue weighted by atomic mass is 10.1. The Kier molecular flexibility index (Phi) is 6.57. The summed E-state index contributed by atoms with van der Waals surface area (Å²) in [6.07, 6.45) is 2.16. The molecular formula is C17H20ClNO4S. The molecule has 1 amide bonds. The second kappa shape index (κ2) is 8.44. The lowest BCUT2D eigenvalue weighted by molar-refractivity contribution is -0.112. The highest BCUT2D eigenvalue weighted by atomic mass is 35.5. The number of thioether (sulfide) groups is 1. The fraction of sp³-hybridized carbons (Fsp3) is 0.412. The first kappa shape index (κ1) is 18.7. The van der Waals surface area contributed by atoms with Crippen LogP contribution in [0.2, 0.25) is 5.02 Å². The van der Waals surface area contributed by atoms with Gasteiger partial charge < -0.3 is 15.2 Å². The molecule has 7 heteroatoms.